The fourth-order valence-electron chi connectivity index (χ4n) is 2.03. The van der Waals surface area contributed by atoms with Crippen molar-refractivity contribution in [1.82, 2.24) is 0 Å². The van der Waals surface area contributed by atoms with Gasteiger partial charge in [0.05, 0.1) is 0 Å². The van der Waals surface area contributed by atoms with E-state index in [1.165, 1.54) is 0 Å². The van der Waals surface area contributed by atoms with E-state index in [1.807, 2.05) is 0 Å². The second-order valence-electron chi connectivity index (χ2n) is 3.45. The second kappa shape index (κ2) is 4.04. The molecule has 0 heterocycles. The Bertz CT molecular complexity index is 197. The van der Waals surface area contributed by atoms with Gasteiger partial charge < -0.3 is 5.11 Å². The summed E-state index contributed by atoms with van der Waals surface area (Å²) in [5.41, 5.74) is -1.08. The fraction of sp³-hybridized carbons (Fsp3) is 0.600. The van der Waals surface area contributed by atoms with Crippen molar-refractivity contribution in [2.75, 3.05) is 0 Å². The second-order valence-corrected chi connectivity index (χ2v) is 4.55. The summed E-state index contributed by atoms with van der Waals surface area (Å²) in [5, 5.41) is 10.3. The predicted octanol–water partition coefficient (Wildman–Crippen LogP) is 2.92. The molecule has 1 rings (SSSR count). The van der Waals surface area contributed by atoms with E-state index in [1.54, 1.807) is 12.2 Å². The molecule has 0 aromatic carbocycles. The van der Waals surface area contributed by atoms with Crippen molar-refractivity contribution in [2.45, 2.75) is 23.3 Å². The van der Waals surface area contributed by atoms with Gasteiger partial charge in [0, 0.05) is 11.8 Å². The lowest BCUT2D eigenvalue weighted by molar-refractivity contribution is 0.00652. The number of hydrogen-bond acceptors (Lipinski definition) is 1. The average molecular weight is 221 g/mol. The maximum absolute atomic E-state index is 10.3. The van der Waals surface area contributed by atoms with Crippen molar-refractivity contribution in [1.29, 1.82) is 0 Å². The van der Waals surface area contributed by atoms with Gasteiger partial charge >= 0.3 is 0 Å². The minimum Gasteiger partial charge on any atom is -0.386 e. The molecule has 0 aliphatic heterocycles. The third-order valence-electron chi connectivity index (χ3n) is 2.90. The maximum atomic E-state index is 10.3. The van der Waals surface area contributed by atoms with E-state index in [-0.39, 0.29) is 11.8 Å². The van der Waals surface area contributed by atoms with Crippen molar-refractivity contribution < 1.29 is 5.11 Å². The zero-order valence-corrected chi connectivity index (χ0v) is 8.93. The number of aliphatic hydroxyl groups is 1. The Labute approximate surface area is 89.0 Å². The number of alkyl halides is 2. The fourth-order valence-corrected chi connectivity index (χ4v) is 2.68. The topological polar surface area (TPSA) is 20.2 Å². The lowest BCUT2D eigenvalue weighted by Gasteiger charge is -2.33. The Balaban J connectivity index is 2.96. The van der Waals surface area contributed by atoms with Crippen LogP contribution in [0, 0.1) is 11.8 Å². The molecule has 1 fully saturated rings. The Kier molecular flexibility index (Phi) is 3.44. The van der Waals surface area contributed by atoms with Crippen LogP contribution in [0.3, 0.4) is 0 Å². The smallest absolute Gasteiger partial charge is 0.137 e. The van der Waals surface area contributed by atoms with Gasteiger partial charge in [0.25, 0.3) is 0 Å². The third-order valence-corrected chi connectivity index (χ3v) is 3.59. The van der Waals surface area contributed by atoms with E-state index in [4.69, 9.17) is 23.2 Å². The predicted molar refractivity (Wildman–Crippen MR) is 57.1 cm³/mol. The summed E-state index contributed by atoms with van der Waals surface area (Å²) in [5.74, 6) is -0.0639. The lowest BCUT2D eigenvalue weighted by Crippen LogP contribution is -2.44. The molecule has 1 aliphatic rings. The highest BCUT2D eigenvalue weighted by atomic mass is 35.5. The molecule has 3 heteroatoms. The van der Waals surface area contributed by atoms with Gasteiger partial charge in [0.15, 0.2) is 0 Å². The largest absolute Gasteiger partial charge is 0.386 e. The zero-order chi connectivity index (χ0) is 10.1. The van der Waals surface area contributed by atoms with Gasteiger partial charge in [-0.25, -0.2) is 0 Å². The third kappa shape index (κ3) is 1.65. The van der Waals surface area contributed by atoms with Crippen LogP contribution in [-0.2, 0) is 0 Å². The molecule has 1 aliphatic carbocycles. The van der Waals surface area contributed by atoms with Crippen LogP contribution < -0.4 is 0 Å². The Morgan fingerprint density at radius 1 is 1.23 bits per heavy atom. The first kappa shape index (κ1) is 11.1. The van der Waals surface area contributed by atoms with E-state index >= 15 is 0 Å². The van der Waals surface area contributed by atoms with Gasteiger partial charge in [0.1, 0.15) is 10.4 Å². The highest BCUT2D eigenvalue weighted by Gasteiger charge is 2.50. The number of hydrogen-bond donors (Lipinski definition) is 1. The van der Waals surface area contributed by atoms with Crippen LogP contribution in [0.2, 0.25) is 0 Å². The first-order valence-corrected chi connectivity index (χ1v) is 5.20. The molecule has 2 atom stereocenters. The van der Waals surface area contributed by atoms with Crippen LogP contribution in [0.15, 0.2) is 25.3 Å². The molecule has 0 saturated heterocycles. The van der Waals surface area contributed by atoms with Crippen LogP contribution in [0.4, 0.5) is 0 Å². The van der Waals surface area contributed by atoms with Crippen molar-refractivity contribution in [3.05, 3.63) is 25.3 Å². The van der Waals surface area contributed by atoms with E-state index < -0.39 is 10.4 Å². The molecule has 74 valence electrons. The van der Waals surface area contributed by atoms with E-state index in [0.717, 1.165) is 12.8 Å². The molecule has 1 saturated carbocycles. The van der Waals surface area contributed by atoms with Crippen LogP contribution in [0.25, 0.3) is 0 Å². The zero-order valence-electron chi connectivity index (χ0n) is 7.42. The maximum Gasteiger partial charge on any atom is 0.137 e. The molecule has 0 radical (unpaired) electrons. The molecule has 13 heavy (non-hydrogen) atoms. The molecule has 0 unspecified atom stereocenters. The summed E-state index contributed by atoms with van der Waals surface area (Å²) in [4.78, 5) is -0.791. The van der Waals surface area contributed by atoms with Gasteiger partial charge in [-0.3, -0.25) is 0 Å². The molecule has 0 aromatic rings. The van der Waals surface area contributed by atoms with Gasteiger partial charge in [-0.05, 0) is 12.8 Å². The van der Waals surface area contributed by atoms with Crippen molar-refractivity contribution >= 4 is 23.2 Å². The summed E-state index contributed by atoms with van der Waals surface area (Å²) in [6.45, 7) is 7.36. The molecule has 1 N–H and O–H groups in total. The summed E-state index contributed by atoms with van der Waals surface area (Å²) >= 11 is 11.6. The highest BCUT2D eigenvalue weighted by Crippen LogP contribution is 2.46. The van der Waals surface area contributed by atoms with E-state index in [2.05, 4.69) is 13.2 Å². The van der Waals surface area contributed by atoms with Crippen LogP contribution >= 0.6 is 23.2 Å². The lowest BCUT2D eigenvalue weighted by atomic mass is 9.85. The van der Waals surface area contributed by atoms with Gasteiger partial charge in [0.2, 0.25) is 0 Å². The molecule has 0 amide bonds. The van der Waals surface area contributed by atoms with Crippen LogP contribution in [0.5, 0.6) is 0 Å². The Morgan fingerprint density at radius 2 is 1.62 bits per heavy atom. The van der Waals surface area contributed by atoms with Crippen molar-refractivity contribution in [2.24, 2.45) is 11.8 Å². The summed E-state index contributed by atoms with van der Waals surface area (Å²) in [7, 11) is 0. The van der Waals surface area contributed by atoms with E-state index in [9.17, 15) is 5.11 Å². The van der Waals surface area contributed by atoms with Crippen molar-refractivity contribution in [3.63, 3.8) is 0 Å². The Hall–Kier alpha value is 0.0200. The molecule has 0 bridgehead atoms. The van der Waals surface area contributed by atoms with Gasteiger partial charge in [-0.15, -0.1) is 36.4 Å². The minimum absolute atomic E-state index is 0.0319. The van der Waals surface area contributed by atoms with Crippen LogP contribution in [-0.4, -0.2) is 15.5 Å². The molecule has 1 nitrogen and oxygen atoms in total. The average Bonchev–Trinajstić information content (AvgIpc) is 2.43. The quantitative estimate of drug-likeness (QED) is 0.573. The molecular weight excluding hydrogens is 207 g/mol. The summed E-state index contributed by atoms with van der Waals surface area (Å²) < 4.78 is 0. The first-order chi connectivity index (χ1) is 6.07. The molecule has 0 aromatic heterocycles. The molecular formula is C10H14Cl2O. The SMILES string of the molecule is C=C[C@@H]1CC[C@@H](C=C)C1(O)C(Cl)Cl. The summed E-state index contributed by atoms with van der Waals surface area (Å²) in [6, 6.07) is 0. The van der Waals surface area contributed by atoms with Gasteiger partial charge in [-0.2, -0.15) is 0 Å². The van der Waals surface area contributed by atoms with Gasteiger partial charge in [-0.1, -0.05) is 12.2 Å². The van der Waals surface area contributed by atoms with Crippen LogP contribution in [0.1, 0.15) is 12.8 Å². The summed E-state index contributed by atoms with van der Waals surface area (Å²) in [6.07, 6.45) is 5.18. The molecule has 0 spiro atoms. The normalized spacial score (nSPS) is 32.0. The monoisotopic (exact) mass is 220 g/mol. The minimum atomic E-state index is -1.08. The first-order valence-electron chi connectivity index (χ1n) is 4.33. The highest BCUT2D eigenvalue weighted by molar-refractivity contribution is 6.45. The number of halogens is 2. The van der Waals surface area contributed by atoms with Crippen molar-refractivity contribution in [3.8, 4) is 0 Å². The van der Waals surface area contributed by atoms with E-state index in [0.29, 0.717) is 0 Å². The standard InChI is InChI=1S/C10H14Cl2O/c1-3-7-5-6-8(4-2)10(7,13)9(11)12/h3-4,7-9,13H,1-2,5-6H2/t7-,8-/m1/s1. The number of rotatable bonds is 3. The Morgan fingerprint density at radius 3 is 1.85 bits per heavy atom.